The zero-order chi connectivity index (χ0) is 17.8. The van der Waals surface area contributed by atoms with Crippen molar-refractivity contribution in [2.45, 2.75) is 26.4 Å². The van der Waals surface area contributed by atoms with Crippen LogP contribution in [0.4, 0.5) is 4.39 Å². The van der Waals surface area contributed by atoms with E-state index in [2.05, 4.69) is 10.3 Å². The van der Waals surface area contributed by atoms with Gasteiger partial charge in [0.2, 0.25) is 0 Å². The third-order valence-electron chi connectivity index (χ3n) is 4.18. The van der Waals surface area contributed by atoms with Gasteiger partial charge in [0.05, 0.1) is 6.04 Å². The summed E-state index contributed by atoms with van der Waals surface area (Å²) in [7, 11) is 0. The van der Waals surface area contributed by atoms with Gasteiger partial charge < -0.3 is 9.88 Å². The van der Waals surface area contributed by atoms with E-state index in [9.17, 15) is 9.18 Å². The molecule has 0 unspecified atom stereocenters. The highest BCUT2D eigenvalue weighted by Gasteiger charge is 2.17. The van der Waals surface area contributed by atoms with Crippen LogP contribution in [-0.4, -0.2) is 15.5 Å². The van der Waals surface area contributed by atoms with Crippen molar-refractivity contribution in [2.75, 3.05) is 0 Å². The van der Waals surface area contributed by atoms with E-state index >= 15 is 0 Å². The van der Waals surface area contributed by atoms with Crippen molar-refractivity contribution >= 4 is 5.91 Å². The molecule has 0 bridgehead atoms. The minimum absolute atomic E-state index is 0.143. The van der Waals surface area contributed by atoms with E-state index in [4.69, 9.17) is 0 Å². The Balaban J connectivity index is 1.83. The molecule has 0 saturated heterocycles. The zero-order valence-corrected chi connectivity index (χ0v) is 14.2. The fourth-order valence-corrected chi connectivity index (χ4v) is 2.75. The summed E-state index contributed by atoms with van der Waals surface area (Å²) >= 11 is 0. The Labute approximate surface area is 146 Å². The molecule has 3 rings (SSSR count). The van der Waals surface area contributed by atoms with Crippen molar-refractivity contribution in [3.05, 3.63) is 78.1 Å². The van der Waals surface area contributed by atoms with E-state index in [1.807, 2.05) is 42.8 Å². The van der Waals surface area contributed by atoms with Crippen LogP contribution in [0, 0.1) is 5.82 Å². The topological polar surface area (TPSA) is 46.9 Å². The molecule has 0 aliphatic carbocycles. The molecule has 0 radical (unpaired) electrons. The minimum Gasteiger partial charge on any atom is -0.344 e. The van der Waals surface area contributed by atoms with Gasteiger partial charge in [0, 0.05) is 30.7 Å². The van der Waals surface area contributed by atoms with E-state index < -0.39 is 0 Å². The molecule has 4 nitrogen and oxygen atoms in total. The number of amides is 1. The lowest BCUT2D eigenvalue weighted by molar-refractivity contribution is 0.0930. The second kappa shape index (κ2) is 7.30. The lowest BCUT2D eigenvalue weighted by Crippen LogP contribution is -2.28. The van der Waals surface area contributed by atoms with Gasteiger partial charge in [0.15, 0.2) is 0 Å². The highest BCUT2D eigenvalue weighted by atomic mass is 19.1. The predicted octanol–water partition coefficient (Wildman–Crippen LogP) is 4.20. The van der Waals surface area contributed by atoms with E-state index in [1.165, 1.54) is 12.1 Å². The van der Waals surface area contributed by atoms with Gasteiger partial charge in [0.25, 0.3) is 5.91 Å². The first-order valence-electron chi connectivity index (χ1n) is 8.25. The van der Waals surface area contributed by atoms with Crippen LogP contribution >= 0.6 is 0 Å². The largest absolute Gasteiger partial charge is 0.344 e. The fraction of sp³-hybridized carbons (Fsp3) is 0.200. The molecule has 128 valence electrons. The standard InChI is InChI=1S/C20H20FN3O/c1-3-24-13-17(15-6-8-18(21)9-7-15)11-19(24)20(25)23-14(2)16-5-4-10-22-12-16/h4-14H,3H2,1-2H3,(H,23,25)/t14-/m1/s1. The number of nitrogens with one attached hydrogen (secondary N) is 1. The molecule has 1 atom stereocenters. The number of aryl methyl sites for hydroxylation is 1. The number of benzene rings is 1. The number of carbonyl (C=O) groups excluding carboxylic acids is 1. The van der Waals surface area contributed by atoms with Gasteiger partial charge in [-0.2, -0.15) is 0 Å². The van der Waals surface area contributed by atoms with Gasteiger partial charge in [-0.25, -0.2) is 4.39 Å². The van der Waals surface area contributed by atoms with Crippen LogP contribution < -0.4 is 5.32 Å². The van der Waals surface area contributed by atoms with Crippen molar-refractivity contribution < 1.29 is 9.18 Å². The van der Waals surface area contributed by atoms with Crippen molar-refractivity contribution in [2.24, 2.45) is 0 Å². The number of nitrogens with zero attached hydrogens (tertiary/aromatic N) is 2. The Bertz CT molecular complexity index is 856. The highest BCUT2D eigenvalue weighted by molar-refractivity contribution is 5.94. The average Bonchev–Trinajstić information content (AvgIpc) is 3.07. The summed E-state index contributed by atoms with van der Waals surface area (Å²) < 4.78 is 15.0. The van der Waals surface area contributed by atoms with Gasteiger partial charge >= 0.3 is 0 Å². The summed E-state index contributed by atoms with van der Waals surface area (Å²) in [5.41, 5.74) is 3.30. The quantitative estimate of drug-likeness (QED) is 0.758. The summed E-state index contributed by atoms with van der Waals surface area (Å²) in [5.74, 6) is -0.423. The third-order valence-corrected chi connectivity index (χ3v) is 4.18. The van der Waals surface area contributed by atoms with Crippen LogP contribution in [0.15, 0.2) is 61.1 Å². The first kappa shape index (κ1) is 16.9. The molecule has 25 heavy (non-hydrogen) atoms. The normalized spacial score (nSPS) is 12.0. The molecule has 3 aromatic rings. The number of pyridine rings is 1. The second-order valence-corrected chi connectivity index (χ2v) is 5.89. The minimum atomic E-state index is -0.276. The molecule has 0 saturated carbocycles. The molecular weight excluding hydrogens is 317 g/mol. The number of hydrogen-bond acceptors (Lipinski definition) is 2. The second-order valence-electron chi connectivity index (χ2n) is 5.89. The molecule has 0 aliphatic heterocycles. The molecule has 1 aromatic carbocycles. The Kier molecular flexibility index (Phi) is 4.93. The number of aromatic nitrogens is 2. The third kappa shape index (κ3) is 3.76. The number of rotatable bonds is 5. The van der Waals surface area contributed by atoms with E-state index in [0.29, 0.717) is 12.2 Å². The van der Waals surface area contributed by atoms with Crippen LogP contribution in [0.5, 0.6) is 0 Å². The lowest BCUT2D eigenvalue weighted by Gasteiger charge is -2.14. The van der Waals surface area contributed by atoms with Crippen LogP contribution in [0.25, 0.3) is 11.1 Å². The van der Waals surface area contributed by atoms with Crippen molar-refractivity contribution in [1.82, 2.24) is 14.9 Å². The summed E-state index contributed by atoms with van der Waals surface area (Å²) in [6, 6.07) is 11.7. The Morgan fingerprint density at radius 3 is 2.64 bits per heavy atom. The van der Waals surface area contributed by atoms with E-state index in [0.717, 1.165) is 16.7 Å². The zero-order valence-electron chi connectivity index (χ0n) is 14.2. The molecule has 0 aliphatic rings. The molecule has 2 heterocycles. The summed E-state index contributed by atoms with van der Waals surface area (Å²) in [6.45, 7) is 4.58. The number of halogens is 1. The molecule has 0 spiro atoms. The van der Waals surface area contributed by atoms with Crippen LogP contribution in [0.2, 0.25) is 0 Å². The molecule has 2 aromatic heterocycles. The van der Waals surface area contributed by atoms with Crippen molar-refractivity contribution in [3.63, 3.8) is 0 Å². The summed E-state index contributed by atoms with van der Waals surface area (Å²) in [5, 5.41) is 3.00. The van der Waals surface area contributed by atoms with Crippen LogP contribution in [0.1, 0.15) is 35.9 Å². The maximum absolute atomic E-state index is 13.1. The Hall–Kier alpha value is -2.95. The maximum Gasteiger partial charge on any atom is 0.268 e. The smallest absolute Gasteiger partial charge is 0.268 e. The molecule has 1 amide bonds. The summed E-state index contributed by atoms with van der Waals surface area (Å²) in [6.07, 6.45) is 5.36. The summed E-state index contributed by atoms with van der Waals surface area (Å²) in [4.78, 5) is 16.8. The molecular formula is C20H20FN3O. The van der Waals surface area contributed by atoms with E-state index in [-0.39, 0.29) is 17.8 Å². The monoisotopic (exact) mass is 337 g/mol. The first-order chi connectivity index (χ1) is 12.1. The Morgan fingerprint density at radius 1 is 1.24 bits per heavy atom. The van der Waals surface area contributed by atoms with Crippen LogP contribution in [0.3, 0.4) is 0 Å². The number of hydrogen-bond donors (Lipinski definition) is 1. The van der Waals surface area contributed by atoms with Gasteiger partial charge in [-0.3, -0.25) is 9.78 Å². The Morgan fingerprint density at radius 2 is 2.00 bits per heavy atom. The molecule has 5 heteroatoms. The average molecular weight is 337 g/mol. The number of carbonyl (C=O) groups is 1. The fourth-order valence-electron chi connectivity index (χ4n) is 2.75. The molecule has 0 fully saturated rings. The van der Waals surface area contributed by atoms with Crippen molar-refractivity contribution in [3.8, 4) is 11.1 Å². The lowest BCUT2D eigenvalue weighted by atomic mass is 10.1. The van der Waals surface area contributed by atoms with Gasteiger partial charge in [-0.15, -0.1) is 0 Å². The first-order valence-corrected chi connectivity index (χ1v) is 8.25. The highest BCUT2D eigenvalue weighted by Crippen LogP contribution is 2.23. The van der Waals surface area contributed by atoms with Gasteiger partial charge in [0.1, 0.15) is 11.5 Å². The van der Waals surface area contributed by atoms with Crippen LogP contribution in [-0.2, 0) is 6.54 Å². The maximum atomic E-state index is 13.1. The van der Waals surface area contributed by atoms with E-state index in [1.54, 1.807) is 24.5 Å². The van der Waals surface area contributed by atoms with Gasteiger partial charge in [-0.1, -0.05) is 18.2 Å². The van der Waals surface area contributed by atoms with Gasteiger partial charge in [-0.05, 0) is 49.2 Å². The SMILES string of the molecule is CCn1cc(-c2ccc(F)cc2)cc1C(=O)N[C@H](C)c1cccnc1. The predicted molar refractivity (Wildman–Crippen MR) is 95.6 cm³/mol. The molecule has 1 N–H and O–H groups in total. The van der Waals surface area contributed by atoms with Crippen molar-refractivity contribution in [1.29, 1.82) is 0 Å².